The van der Waals surface area contributed by atoms with E-state index in [-0.39, 0.29) is 17.6 Å². The second kappa shape index (κ2) is 10.1. The zero-order valence-corrected chi connectivity index (χ0v) is 21.6. The molecule has 2 aliphatic rings. The van der Waals surface area contributed by atoms with E-state index in [9.17, 15) is 9.59 Å². The summed E-state index contributed by atoms with van der Waals surface area (Å²) in [4.78, 5) is 33.5. The zero-order chi connectivity index (χ0) is 26.2. The number of rotatable bonds is 6. The number of pyridine rings is 1. The van der Waals surface area contributed by atoms with E-state index in [2.05, 4.69) is 37.5 Å². The number of benzene rings is 1. The van der Waals surface area contributed by atoms with Crippen molar-refractivity contribution in [1.82, 2.24) is 35.0 Å². The number of furan rings is 1. The minimum atomic E-state index is -0.485. The largest absolute Gasteiger partial charge is 0.459 e. The van der Waals surface area contributed by atoms with Crippen molar-refractivity contribution in [2.45, 2.75) is 45.4 Å². The fourth-order valence-corrected chi connectivity index (χ4v) is 5.66. The molecule has 0 radical (unpaired) electrons. The molecule has 2 fully saturated rings. The van der Waals surface area contributed by atoms with Gasteiger partial charge in [0.1, 0.15) is 6.04 Å². The van der Waals surface area contributed by atoms with E-state index >= 15 is 0 Å². The summed E-state index contributed by atoms with van der Waals surface area (Å²) < 4.78 is 12.9. The number of piperazine rings is 1. The Bertz CT molecular complexity index is 1500. The van der Waals surface area contributed by atoms with Gasteiger partial charge in [0.2, 0.25) is 0 Å². The number of tetrazole rings is 1. The van der Waals surface area contributed by atoms with Crippen LogP contribution >= 0.6 is 0 Å². The molecule has 3 aromatic heterocycles. The number of aryl methyl sites for hydroxylation is 2. The lowest BCUT2D eigenvalue weighted by molar-refractivity contribution is 0.0550. The summed E-state index contributed by atoms with van der Waals surface area (Å²) >= 11 is 0. The summed E-state index contributed by atoms with van der Waals surface area (Å²) in [5, 5.41) is 13.7. The molecule has 5 heterocycles. The number of hydrogen-bond acceptors (Lipinski definition) is 8. The summed E-state index contributed by atoms with van der Waals surface area (Å²) in [6.45, 7) is 7.40. The van der Waals surface area contributed by atoms with Crippen LogP contribution in [0, 0.1) is 13.8 Å². The molecule has 198 valence electrons. The van der Waals surface area contributed by atoms with E-state index in [1.807, 2.05) is 19.9 Å². The molecule has 0 bridgehead atoms. The molecule has 1 aromatic carbocycles. The molecule has 11 nitrogen and oxygen atoms in total. The van der Waals surface area contributed by atoms with Crippen molar-refractivity contribution >= 4 is 16.8 Å². The summed E-state index contributed by atoms with van der Waals surface area (Å²) in [7, 11) is 0. The number of amides is 1. The van der Waals surface area contributed by atoms with Crippen molar-refractivity contribution in [3.05, 3.63) is 75.2 Å². The molecule has 0 saturated carbocycles. The van der Waals surface area contributed by atoms with Crippen molar-refractivity contribution in [1.29, 1.82) is 0 Å². The number of ether oxygens (including phenoxy) is 1. The molecular formula is C27H31N7O4. The third-order valence-electron chi connectivity index (χ3n) is 7.52. The predicted molar refractivity (Wildman–Crippen MR) is 139 cm³/mol. The van der Waals surface area contributed by atoms with Crippen molar-refractivity contribution in [3.8, 4) is 0 Å². The molecule has 4 aromatic rings. The van der Waals surface area contributed by atoms with Gasteiger partial charge in [-0.1, -0.05) is 11.6 Å². The quantitative estimate of drug-likeness (QED) is 0.414. The first-order valence-electron chi connectivity index (χ1n) is 13.1. The highest BCUT2D eigenvalue weighted by Gasteiger charge is 2.35. The number of aromatic nitrogens is 5. The Balaban J connectivity index is 1.37. The highest BCUT2D eigenvalue weighted by Crippen LogP contribution is 2.29. The van der Waals surface area contributed by atoms with E-state index in [4.69, 9.17) is 9.15 Å². The van der Waals surface area contributed by atoms with E-state index in [1.165, 1.54) is 6.26 Å². The molecule has 0 unspecified atom stereocenters. The zero-order valence-electron chi connectivity index (χ0n) is 21.6. The summed E-state index contributed by atoms with van der Waals surface area (Å²) in [6, 6.07) is 9.00. The molecule has 38 heavy (non-hydrogen) atoms. The van der Waals surface area contributed by atoms with E-state index < -0.39 is 6.04 Å². The topological polar surface area (TPSA) is 122 Å². The second-order valence-electron chi connectivity index (χ2n) is 10.2. The average molecular weight is 518 g/mol. The van der Waals surface area contributed by atoms with Crippen LogP contribution in [0.25, 0.3) is 10.9 Å². The monoisotopic (exact) mass is 517 g/mol. The van der Waals surface area contributed by atoms with Gasteiger partial charge in [-0.3, -0.25) is 14.5 Å². The van der Waals surface area contributed by atoms with Gasteiger partial charge in [-0.2, -0.15) is 0 Å². The number of hydrogen-bond donors (Lipinski definition) is 1. The molecule has 2 aliphatic heterocycles. The van der Waals surface area contributed by atoms with Crippen LogP contribution in [0.2, 0.25) is 0 Å². The van der Waals surface area contributed by atoms with Crippen LogP contribution in [-0.4, -0.2) is 79.8 Å². The number of H-pyrrole nitrogens is 1. The van der Waals surface area contributed by atoms with Crippen LogP contribution in [0.5, 0.6) is 0 Å². The van der Waals surface area contributed by atoms with E-state index in [1.54, 1.807) is 21.7 Å². The lowest BCUT2D eigenvalue weighted by atomic mass is 10.00. The first kappa shape index (κ1) is 24.5. The van der Waals surface area contributed by atoms with Crippen LogP contribution in [-0.2, 0) is 11.3 Å². The van der Waals surface area contributed by atoms with Crippen LogP contribution in [0.4, 0.5) is 0 Å². The number of fused-ring (bicyclic) bond motifs is 1. The van der Waals surface area contributed by atoms with Crippen molar-refractivity contribution < 1.29 is 13.9 Å². The molecule has 2 atom stereocenters. The maximum atomic E-state index is 13.6. The predicted octanol–water partition coefficient (Wildman–Crippen LogP) is 2.45. The maximum absolute atomic E-state index is 13.6. The minimum absolute atomic E-state index is 0.0425. The molecule has 0 aliphatic carbocycles. The van der Waals surface area contributed by atoms with Crippen LogP contribution < -0.4 is 5.56 Å². The molecule has 2 saturated heterocycles. The highest BCUT2D eigenvalue weighted by molar-refractivity contribution is 5.91. The lowest BCUT2D eigenvalue weighted by Crippen LogP contribution is -2.50. The Labute approximate surface area is 219 Å². The van der Waals surface area contributed by atoms with Gasteiger partial charge in [-0.15, -0.1) is 5.10 Å². The fourth-order valence-electron chi connectivity index (χ4n) is 5.66. The van der Waals surface area contributed by atoms with Gasteiger partial charge in [-0.25, -0.2) is 4.68 Å². The average Bonchev–Trinajstić information content (AvgIpc) is 3.70. The molecule has 11 heteroatoms. The van der Waals surface area contributed by atoms with Crippen LogP contribution in [0.15, 0.2) is 45.8 Å². The van der Waals surface area contributed by atoms with Gasteiger partial charge in [-0.05, 0) is 72.3 Å². The first-order valence-corrected chi connectivity index (χ1v) is 13.1. The van der Waals surface area contributed by atoms with Gasteiger partial charge in [0, 0.05) is 38.3 Å². The van der Waals surface area contributed by atoms with E-state index in [0.717, 1.165) is 41.5 Å². The molecule has 1 amide bonds. The molecule has 0 spiro atoms. The van der Waals surface area contributed by atoms with Crippen LogP contribution in [0.3, 0.4) is 0 Å². The third kappa shape index (κ3) is 4.63. The Hall–Kier alpha value is -3.83. The number of aromatic amines is 1. The summed E-state index contributed by atoms with van der Waals surface area (Å²) in [5.41, 5.74) is 3.38. The molecule has 6 rings (SSSR count). The van der Waals surface area contributed by atoms with Gasteiger partial charge < -0.3 is 19.0 Å². The van der Waals surface area contributed by atoms with E-state index in [0.29, 0.717) is 49.9 Å². The molecular weight excluding hydrogens is 486 g/mol. The minimum Gasteiger partial charge on any atom is -0.459 e. The Morgan fingerprint density at radius 1 is 1.18 bits per heavy atom. The van der Waals surface area contributed by atoms with Crippen molar-refractivity contribution in [3.63, 3.8) is 0 Å². The lowest BCUT2D eigenvalue weighted by Gasteiger charge is -2.38. The fraction of sp³-hybridized carbons (Fsp3) is 0.444. The normalized spacial score (nSPS) is 19.3. The molecule has 1 N–H and O–H groups in total. The van der Waals surface area contributed by atoms with Crippen molar-refractivity contribution in [2.75, 3.05) is 32.8 Å². The van der Waals surface area contributed by atoms with Gasteiger partial charge >= 0.3 is 0 Å². The SMILES string of the molecule is Cc1cc(C)c2[nH]c(=O)c([C@H](c3nnnn3C[C@H]3CCCO3)N3CCN(C(=O)c4ccco4)CC3)cc2c1. The van der Waals surface area contributed by atoms with Crippen molar-refractivity contribution in [2.24, 2.45) is 0 Å². The van der Waals surface area contributed by atoms with Gasteiger partial charge in [0.25, 0.3) is 11.5 Å². The Morgan fingerprint density at radius 3 is 2.76 bits per heavy atom. The smallest absolute Gasteiger partial charge is 0.289 e. The third-order valence-corrected chi connectivity index (χ3v) is 7.52. The maximum Gasteiger partial charge on any atom is 0.289 e. The summed E-state index contributed by atoms with van der Waals surface area (Å²) in [6.07, 6.45) is 3.51. The first-order chi connectivity index (χ1) is 18.5. The number of carbonyl (C=O) groups is 1. The number of nitrogens with one attached hydrogen (secondary N) is 1. The van der Waals surface area contributed by atoms with Gasteiger partial charge in [0.05, 0.1) is 24.4 Å². The summed E-state index contributed by atoms with van der Waals surface area (Å²) in [5.74, 6) is 0.789. The highest BCUT2D eigenvalue weighted by atomic mass is 16.5. The standard InChI is InChI=1S/C27H31N7O4/c1-17-13-18(2)23-19(14-17)15-21(26(35)28-23)24(25-29-30-31-34(25)16-20-5-3-11-37-20)32-7-9-33(10-8-32)27(36)22-6-4-12-38-22/h4,6,12-15,20,24H,3,5,7-11,16H2,1-2H3,(H,28,35)/t20-,24-/m1/s1. The van der Waals surface area contributed by atoms with Gasteiger partial charge in [0.15, 0.2) is 11.6 Å². The Kier molecular flexibility index (Phi) is 6.54. The number of nitrogens with zero attached hydrogens (tertiary/aromatic N) is 6. The Morgan fingerprint density at radius 2 is 2.03 bits per heavy atom. The number of carbonyl (C=O) groups excluding carboxylic acids is 1. The van der Waals surface area contributed by atoms with Crippen LogP contribution in [0.1, 0.15) is 52.0 Å². The second-order valence-corrected chi connectivity index (χ2v) is 10.2.